The summed E-state index contributed by atoms with van der Waals surface area (Å²) >= 11 is 0. The van der Waals surface area contributed by atoms with Gasteiger partial charge in [-0.05, 0) is 19.1 Å². The number of hydrogen-bond acceptors (Lipinski definition) is 4. The molecule has 1 aromatic heterocycles. The first-order valence-electron chi connectivity index (χ1n) is 5.17. The van der Waals surface area contributed by atoms with Crippen molar-refractivity contribution < 1.29 is 13.9 Å². The molecule has 1 aromatic rings. The van der Waals surface area contributed by atoms with Gasteiger partial charge >= 0.3 is 5.97 Å². The number of carbonyl (C=O) groups excluding carboxylic acids is 1. The number of esters is 1. The minimum atomic E-state index is -0.413. The van der Waals surface area contributed by atoms with Gasteiger partial charge in [0.05, 0.1) is 19.1 Å². The van der Waals surface area contributed by atoms with Crippen molar-refractivity contribution in [2.75, 3.05) is 6.61 Å². The average molecular weight is 211 g/mol. The largest absolute Gasteiger partial charge is 0.466 e. The second-order valence-corrected chi connectivity index (χ2v) is 3.27. The van der Waals surface area contributed by atoms with Gasteiger partial charge in [0.2, 0.25) is 0 Å². The Labute approximate surface area is 89.4 Å². The smallest absolute Gasteiger partial charge is 0.307 e. The molecule has 0 amide bonds. The van der Waals surface area contributed by atoms with Crippen LogP contribution in [0.4, 0.5) is 0 Å². The highest BCUT2D eigenvalue weighted by atomic mass is 16.5. The van der Waals surface area contributed by atoms with Gasteiger partial charge in [-0.25, -0.2) is 0 Å². The van der Waals surface area contributed by atoms with E-state index in [0.29, 0.717) is 12.4 Å². The van der Waals surface area contributed by atoms with E-state index in [0.717, 1.165) is 12.2 Å². The van der Waals surface area contributed by atoms with E-state index in [1.165, 1.54) is 0 Å². The van der Waals surface area contributed by atoms with Gasteiger partial charge in [0.15, 0.2) is 0 Å². The summed E-state index contributed by atoms with van der Waals surface area (Å²) in [5.74, 6) is 1.23. The maximum atomic E-state index is 11.2. The highest BCUT2D eigenvalue weighted by molar-refractivity contribution is 5.70. The maximum Gasteiger partial charge on any atom is 0.307 e. The number of rotatable bonds is 5. The Balaban J connectivity index is 2.52. The summed E-state index contributed by atoms with van der Waals surface area (Å²) in [4.78, 5) is 11.2. The summed E-state index contributed by atoms with van der Waals surface area (Å²) in [6.07, 6.45) is 0.983. The molecule has 4 heteroatoms. The van der Waals surface area contributed by atoms with Crippen LogP contribution in [0, 0.1) is 0 Å². The molecule has 0 aliphatic carbocycles. The SMILES string of the molecule is CCOC(=O)C[C@H](N)c1ccc(CC)o1. The zero-order valence-electron chi connectivity index (χ0n) is 9.16. The molecule has 0 spiro atoms. The van der Waals surface area contributed by atoms with E-state index >= 15 is 0 Å². The first-order chi connectivity index (χ1) is 7.17. The normalized spacial score (nSPS) is 12.5. The molecule has 0 radical (unpaired) electrons. The van der Waals surface area contributed by atoms with E-state index in [1.807, 2.05) is 19.1 Å². The topological polar surface area (TPSA) is 65.5 Å². The number of hydrogen-bond donors (Lipinski definition) is 1. The van der Waals surface area contributed by atoms with Crippen molar-refractivity contribution in [1.29, 1.82) is 0 Å². The van der Waals surface area contributed by atoms with Crippen LogP contribution >= 0.6 is 0 Å². The van der Waals surface area contributed by atoms with Crippen LogP contribution < -0.4 is 5.73 Å². The molecule has 0 fully saturated rings. The van der Waals surface area contributed by atoms with Crippen LogP contribution in [0.2, 0.25) is 0 Å². The lowest BCUT2D eigenvalue weighted by molar-refractivity contribution is -0.143. The van der Waals surface area contributed by atoms with E-state index in [4.69, 9.17) is 14.9 Å². The molecule has 0 saturated heterocycles. The van der Waals surface area contributed by atoms with Crippen LogP contribution in [-0.4, -0.2) is 12.6 Å². The standard InChI is InChI=1S/C11H17NO3/c1-3-8-5-6-10(15-8)9(12)7-11(13)14-4-2/h5-6,9H,3-4,7,12H2,1-2H3/t9-/m0/s1. The summed E-state index contributed by atoms with van der Waals surface area (Å²) in [6, 6.07) is 3.27. The fourth-order valence-corrected chi connectivity index (χ4v) is 1.28. The van der Waals surface area contributed by atoms with Gasteiger partial charge in [0, 0.05) is 6.42 Å². The molecule has 4 nitrogen and oxygen atoms in total. The fourth-order valence-electron chi connectivity index (χ4n) is 1.28. The molecule has 15 heavy (non-hydrogen) atoms. The van der Waals surface area contributed by atoms with Crippen molar-refractivity contribution in [3.05, 3.63) is 23.7 Å². The van der Waals surface area contributed by atoms with Gasteiger partial charge in [-0.3, -0.25) is 4.79 Å². The quantitative estimate of drug-likeness (QED) is 0.754. The summed E-state index contributed by atoms with van der Waals surface area (Å²) in [5, 5.41) is 0. The third kappa shape index (κ3) is 3.40. The highest BCUT2D eigenvalue weighted by Gasteiger charge is 2.15. The Bertz CT molecular complexity index is 319. The van der Waals surface area contributed by atoms with Crippen LogP contribution in [0.25, 0.3) is 0 Å². The lowest BCUT2D eigenvalue weighted by atomic mass is 10.2. The second-order valence-electron chi connectivity index (χ2n) is 3.27. The molecule has 0 bridgehead atoms. The van der Waals surface area contributed by atoms with Crippen molar-refractivity contribution in [3.8, 4) is 0 Å². The van der Waals surface area contributed by atoms with Crippen LogP contribution in [0.1, 0.15) is 37.8 Å². The molecule has 0 unspecified atom stereocenters. The highest BCUT2D eigenvalue weighted by Crippen LogP contribution is 2.18. The first-order valence-corrected chi connectivity index (χ1v) is 5.17. The van der Waals surface area contributed by atoms with Gasteiger partial charge in [-0.15, -0.1) is 0 Å². The monoisotopic (exact) mass is 211 g/mol. The maximum absolute atomic E-state index is 11.2. The number of aryl methyl sites for hydroxylation is 1. The Morgan fingerprint density at radius 1 is 1.53 bits per heavy atom. The van der Waals surface area contributed by atoms with Gasteiger partial charge in [0.25, 0.3) is 0 Å². The fraction of sp³-hybridized carbons (Fsp3) is 0.545. The van der Waals surface area contributed by atoms with Gasteiger partial charge in [0.1, 0.15) is 11.5 Å². The molecule has 1 heterocycles. The Morgan fingerprint density at radius 2 is 2.27 bits per heavy atom. The van der Waals surface area contributed by atoms with Crippen LogP contribution in [0.3, 0.4) is 0 Å². The predicted molar refractivity (Wildman–Crippen MR) is 56.3 cm³/mol. The number of furan rings is 1. The Kier molecular flexibility index (Phi) is 4.37. The molecule has 1 atom stereocenters. The van der Waals surface area contributed by atoms with Gasteiger partial charge < -0.3 is 14.9 Å². The molecule has 0 saturated carbocycles. The third-order valence-electron chi connectivity index (χ3n) is 2.09. The number of nitrogens with two attached hydrogens (primary N) is 1. The van der Waals surface area contributed by atoms with E-state index < -0.39 is 6.04 Å². The Morgan fingerprint density at radius 3 is 2.80 bits per heavy atom. The van der Waals surface area contributed by atoms with E-state index in [1.54, 1.807) is 6.92 Å². The zero-order valence-corrected chi connectivity index (χ0v) is 9.16. The summed E-state index contributed by atoms with van der Waals surface area (Å²) in [7, 11) is 0. The van der Waals surface area contributed by atoms with Gasteiger partial charge in [-0.2, -0.15) is 0 Å². The van der Waals surface area contributed by atoms with Crippen LogP contribution in [0.15, 0.2) is 16.5 Å². The summed E-state index contributed by atoms with van der Waals surface area (Å²) in [6.45, 7) is 4.15. The zero-order chi connectivity index (χ0) is 11.3. The Hall–Kier alpha value is -1.29. The minimum Gasteiger partial charge on any atom is -0.466 e. The second kappa shape index (κ2) is 5.56. The number of ether oxygens (including phenoxy) is 1. The van der Waals surface area contributed by atoms with Crippen molar-refractivity contribution in [2.24, 2.45) is 5.73 Å². The number of carbonyl (C=O) groups is 1. The van der Waals surface area contributed by atoms with E-state index in [-0.39, 0.29) is 12.4 Å². The van der Waals surface area contributed by atoms with Gasteiger partial charge in [-0.1, -0.05) is 6.92 Å². The molecular formula is C11H17NO3. The molecule has 0 aliphatic heterocycles. The summed E-state index contributed by atoms with van der Waals surface area (Å²) in [5.41, 5.74) is 5.80. The van der Waals surface area contributed by atoms with E-state index in [2.05, 4.69) is 0 Å². The van der Waals surface area contributed by atoms with Crippen LogP contribution in [0.5, 0.6) is 0 Å². The van der Waals surface area contributed by atoms with E-state index in [9.17, 15) is 4.79 Å². The van der Waals surface area contributed by atoms with Crippen molar-refractivity contribution >= 4 is 5.97 Å². The lowest BCUT2D eigenvalue weighted by Crippen LogP contribution is -2.16. The molecule has 1 rings (SSSR count). The van der Waals surface area contributed by atoms with Crippen molar-refractivity contribution in [3.63, 3.8) is 0 Å². The predicted octanol–water partition coefficient (Wildman–Crippen LogP) is 1.80. The molecule has 2 N–H and O–H groups in total. The minimum absolute atomic E-state index is 0.157. The van der Waals surface area contributed by atoms with Crippen LogP contribution in [-0.2, 0) is 16.0 Å². The van der Waals surface area contributed by atoms with Crippen molar-refractivity contribution in [2.45, 2.75) is 32.7 Å². The molecular weight excluding hydrogens is 194 g/mol. The van der Waals surface area contributed by atoms with Crippen molar-refractivity contribution in [1.82, 2.24) is 0 Å². The molecule has 84 valence electrons. The molecule has 0 aromatic carbocycles. The molecule has 0 aliphatic rings. The lowest BCUT2D eigenvalue weighted by Gasteiger charge is -2.07. The summed E-state index contributed by atoms with van der Waals surface area (Å²) < 4.78 is 10.2. The first kappa shape index (κ1) is 11.8. The average Bonchev–Trinajstić information content (AvgIpc) is 2.66. The third-order valence-corrected chi connectivity index (χ3v) is 2.09.